The van der Waals surface area contributed by atoms with E-state index in [0.717, 1.165) is 25.9 Å². The summed E-state index contributed by atoms with van der Waals surface area (Å²) in [6.45, 7) is 8.93. The molecule has 2 aliphatic rings. The molecule has 2 fully saturated rings. The van der Waals surface area contributed by atoms with Crippen molar-refractivity contribution in [2.45, 2.75) is 44.8 Å². The smallest absolute Gasteiger partial charge is 0.410 e. The number of aliphatic hydroxyl groups excluding tert-OH is 1. The number of rotatable bonds is 2. The van der Waals surface area contributed by atoms with Crippen molar-refractivity contribution in [2.75, 3.05) is 32.8 Å². The van der Waals surface area contributed by atoms with E-state index in [1.165, 1.54) is 0 Å². The van der Waals surface area contributed by atoms with Crippen LogP contribution in [0.25, 0.3) is 0 Å². The van der Waals surface area contributed by atoms with Crippen molar-refractivity contribution >= 4 is 6.09 Å². The van der Waals surface area contributed by atoms with Gasteiger partial charge in [0.2, 0.25) is 0 Å². The van der Waals surface area contributed by atoms with Crippen molar-refractivity contribution in [1.82, 2.24) is 9.80 Å². The number of carbonyl (C=O) groups is 1. The molecule has 1 amide bonds. The Morgan fingerprint density at radius 3 is 2.17 bits per heavy atom. The molecule has 0 aromatic carbocycles. The fourth-order valence-corrected chi connectivity index (χ4v) is 2.41. The summed E-state index contributed by atoms with van der Waals surface area (Å²) in [5.74, 6) is 0. The Bertz CT molecular complexity index is 313. The van der Waals surface area contributed by atoms with Crippen LogP contribution in [0.3, 0.4) is 0 Å². The van der Waals surface area contributed by atoms with E-state index in [1.54, 1.807) is 4.90 Å². The van der Waals surface area contributed by atoms with Gasteiger partial charge in [0.1, 0.15) is 5.60 Å². The second-order valence-electron chi connectivity index (χ2n) is 6.34. The first-order valence-electron chi connectivity index (χ1n) is 6.70. The van der Waals surface area contributed by atoms with E-state index in [-0.39, 0.29) is 18.2 Å². The minimum Gasteiger partial charge on any atom is -0.444 e. The van der Waals surface area contributed by atoms with Crippen LogP contribution in [0.1, 0.15) is 33.6 Å². The summed E-state index contributed by atoms with van der Waals surface area (Å²) in [6, 6.07) is 0. The monoisotopic (exact) mass is 256 g/mol. The van der Waals surface area contributed by atoms with Gasteiger partial charge >= 0.3 is 6.09 Å². The van der Waals surface area contributed by atoms with E-state index in [0.29, 0.717) is 13.1 Å². The van der Waals surface area contributed by atoms with Crippen LogP contribution < -0.4 is 0 Å². The second-order valence-corrected chi connectivity index (χ2v) is 6.34. The Balaban J connectivity index is 1.82. The van der Waals surface area contributed by atoms with Crippen LogP contribution in [0.4, 0.5) is 4.79 Å². The van der Waals surface area contributed by atoms with Crippen molar-refractivity contribution in [1.29, 1.82) is 0 Å². The third-order valence-electron chi connectivity index (χ3n) is 3.72. The molecule has 0 spiro atoms. The summed E-state index contributed by atoms with van der Waals surface area (Å²) >= 11 is 0. The largest absolute Gasteiger partial charge is 0.444 e. The topological polar surface area (TPSA) is 53.0 Å². The van der Waals surface area contributed by atoms with E-state index in [2.05, 4.69) is 4.90 Å². The summed E-state index contributed by atoms with van der Waals surface area (Å²) in [5, 5.41) is 9.39. The van der Waals surface area contributed by atoms with Gasteiger partial charge in [-0.15, -0.1) is 0 Å². The summed E-state index contributed by atoms with van der Waals surface area (Å²) in [7, 11) is 0. The zero-order valence-corrected chi connectivity index (χ0v) is 11.6. The minimum absolute atomic E-state index is 0.0278. The summed E-state index contributed by atoms with van der Waals surface area (Å²) < 4.78 is 5.36. The van der Waals surface area contributed by atoms with E-state index < -0.39 is 5.60 Å². The third-order valence-corrected chi connectivity index (χ3v) is 3.72. The quantitative estimate of drug-likeness (QED) is 0.803. The van der Waals surface area contributed by atoms with Crippen LogP contribution in [-0.2, 0) is 4.74 Å². The first-order valence-corrected chi connectivity index (χ1v) is 6.70. The Labute approximate surface area is 109 Å². The van der Waals surface area contributed by atoms with Gasteiger partial charge in [-0.1, -0.05) is 0 Å². The predicted octanol–water partition coefficient (Wildman–Crippen LogP) is 1.06. The lowest BCUT2D eigenvalue weighted by Crippen LogP contribution is -2.54. The van der Waals surface area contributed by atoms with Crippen molar-refractivity contribution in [2.24, 2.45) is 0 Å². The molecule has 104 valence electrons. The summed E-state index contributed by atoms with van der Waals surface area (Å²) in [4.78, 5) is 16.0. The van der Waals surface area contributed by atoms with Gasteiger partial charge in [0.05, 0.1) is 6.61 Å². The van der Waals surface area contributed by atoms with E-state index in [9.17, 15) is 9.90 Å². The molecule has 5 nitrogen and oxygen atoms in total. The number of hydrogen-bond donors (Lipinski definition) is 1. The SMILES string of the molecule is CC(C)(C)OC(=O)N1CCN(C2(CO)CC2)CC1. The summed E-state index contributed by atoms with van der Waals surface area (Å²) in [6.07, 6.45) is 1.93. The van der Waals surface area contributed by atoms with Crippen LogP contribution >= 0.6 is 0 Å². The van der Waals surface area contributed by atoms with Crippen molar-refractivity contribution in [3.63, 3.8) is 0 Å². The number of piperazine rings is 1. The molecule has 0 bridgehead atoms. The number of hydrogen-bond acceptors (Lipinski definition) is 4. The molecule has 1 saturated carbocycles. The van der Waals surface area contributed by atoms with Gasteiger partial charge in [-0.2, -0.15) is 0 Å². The first-order chi connectivity index (χ1) is 8.36. The Kier molecular flexibility index (Phi) is 3.56. The fraction of sp³-hybridized carbons (Fsp3) is 0.923. The fourth-order valence-electron chi connectivity index (χ4n) is 2.41. The van der Waals surface area contributed by atoms with Crippen LogP contribution in [0.15, 0.2) is 0 Å². The zero-order valence-electron chi connectivity index (χ0n) is 11.6. The van der Waals surface area contributed by atoms with Gasteiger partial charge in [0.15, 0.2) is 0 Å². The third kappa shape index (κ3) is 2.95. The van der Waals surface area contributed by atoms with Crippen LogP contribution in [0, 0.1) is 0 Å². The highest BCUT2D eigenvalue weighted by molar-refractivity contribution is 5.68. The molecule has 0 radical (unpaired) electrons. The lowest BCUT2D eigenvalue weighted by molar-refractivity contribution is 0.00361. The Hall–Kier alpha value is -0.810. The maximum atomic E-state index is 11.9. The Morgan fingerprint density at radius 2 is 1.78 bits per heavy atom. The zero-order chi connectivity index (χ0) is 13.4. The molecule has 0 atom stereocenters. The number of ether oxygens (including phenoxy) is 1. The minimum atomic E-state index is -0.434. The van der Waals surface area contributed by atoms with Crippen molar-refractivity contribution in [3.8, 4) is 0 Å². The molecule has 1 aliphatic heterocycles. The van der Waals surface area contributed by atoms with Gasteiger partial charge in [-0.05, 0) is 33.6 Å². The average Bonchev–Trinajstić information content (AvgIpc) is 3.08. The van der Waals surface area contributed by atoms with Crippen LogP contribution in [-0.4, -0.2) is 64.9 Å². The molecule has 1 aliphatic carbocycles. The maximum absolute atomic E-state index is 11.9. The van der Waals surface area contributed by atoms with E-state index in [1.807, 2.05) is 20.8 Å². The number of amides is 1. The lowest BCUT2D eigenvalue weighted by atomic mass is 10.2. The normalized spacial score (nSPS) is 23.9. The Morgan fingerprint density at radius 1 is 1.22 bits per heavy atom. The molecular formula is C13H24N2O3. The first kappa shape index (κ1) is 13.6. The average molecular weight is 256 g/mol. The van der Waals surface area contributed by atoms with Gasteiger partial charge in [0, 0.05) is 31.7 Å². The van der Waals surface area contributed by atoms with Gasteiger partial charge < -0.3 is 14.7 Å². The van der Waals surface area contributed by atoms with Crippen LogP contribution in [0.5, 0.6) is 0 Å². The van der Waals surface area contributed by atoms with Gasteiger partial charge in [-0.3, -0.25) is 4.90 Å². The standard InChI is InChI=1S/C13H24N2O3/c1-12(2,3)18-11(17)14-6-8-15(9-7-14)13(10-16)4-5-13/h16H,4-10H2,1-3H3. The molecule has 5 heteroatoms. The number of carbonyl (C=O) groups excluding carboxylic acids is 1. The molecule has 0 aromatic heterocycles. The molecule has 2 rings (SSSR count). The number of nitrogens with zero attached hydrogens (tertiary/aromatic N) is 2. The molecule has 0 aromatic rings. The van der Waals surface area contributed by atoms with E-state index in [4.69, 9.17) is 4.74 Å². The highest BCUT2D eigenvalue weighted by Crippen LogP contribution is 2.41. The highest BCUT2D eigenvalue weighted by atomic mass is 16.6. The highest BCUT2D eigenvalue weighted by Gasteiger charge is 2.48. The van der Waals surface area contributed by atoms with Crippen molar-refractivity contribution in [3.05, 3.63) is 0 Å². The van der Waals surface area contributed by atoms with Crippen molar-refractivity contribution < 1.29 is 14.6 Å². The molecule has 18 heavy (non-hydrogen) atoms. The lowest BCUT2D eigenvalue weighted by Gasteiger charge is -2.39. The summed E-state index contributed by atoms with van der Waals surface area (Å²) in [5.41, 5.74) is -0.406. The van der Waals surface area contributed by atoms with Gasteiger partial charge in [-0.25, -0.2) is 4.79 Å². The molecule has 1 heterocycles. The molecule has 1 saturated heterocycles. The molecule has 0 unspecified atom stereocenters. The maximum Gasteiger partial charge on any atom is 0.410 e. The predicted molar refractivity (Wildman–Crippen MR) is 68.4 cm³/mol. The van der Waals surface area contributed by atoms with E-state index >= 15 is 0 Å². The van der Waals surface area contributed by atoms with Crippen LogP contribution in [0.2, 0.25) is 0 Å². The molecule has 1 N–H and O–H groups in total. The number of aliphatic hydroxyl groups is 1. The second kappa shape index (κ2) is 4.70. The van der Waals surface area contributed by atoms with Gasteiger partial charge in [0.25, 0.3) is 0 Å². The molecular weight excluding hydrogens is 232 g/mol.